The fourth-order valence-electron chi connectivity index (χ4n) is 0.904. The fraction of sp³-hybridized carbons (Fsp3) is 1.00. The molecule has 0 unspecified atom stereocenters. The van der Waals surface area contributed by atoms with Gasteiger partial charge in [-0.15, -0.1) is 0 Å². The maximum Gasteiger partial charge on any atom is 0.282 e. The topological polar surface area (TPSA) is 58.9 Å². The molecule has 0 aliphatic carbocycles. The predicted octanol–water partition coefficient (Wildman–Crippen LogP) is -0.202. The van der Waals surface area contributed by atoms with Gasteiger partial charge in [0.05, 0.1) is 13.0 Å². The van der Waals surface area contributed by atoms with Gasteiger partial charge in [-0.2, -0.15) is 0 Å². The molecule has 0 radical (unpaired) electrons. The Balaban J connectivity index is 2.56. The van der Waals surface area contributed by atoms with Gasteiger partial charge in [0.1, 0.15) is 0 Å². The Hall–Kier alpha value is -0.160. The van der Waals surface area contributed by atoms with Crippen LogP contribution >= 0.6 is 0 Å². The second-order valence-electron chi connectivity index (χ2n) is 2.84. The molecule has 0 amide bonds. The summed E-state index contributed by atoms with van der Waals surface area (Å²) < 4.78 is 9.81. The van der Waals surface area contributed by atoms with Crippen LogP contribution in [-0.2, 0) is 9.47 Å². The third kappa shape index (κ3) is 1.91. The Morgan fingerprint density at radius 2 is 1.90 bits per heavy atom. The van der Waals surface area contributed by atoms with Gasteiger partial charge in [0.15, 0.2) is 5.79 Å². The van der Waals surface area contributed by atoms with Crippen LogP contribution in [0.2, 0.25) is 0 Å². The van der Waals surface area contributed by atoms with Gasteiger partial charge < -0.3 is 14.9 Å². The van der Waals surface area contributed by atoms with Crippen LogP contribution in [0.25, 0.3) is 0 Å². The second kappa shape index (κ2) is 2.17. The van der Waals surface area contributed by atoms with E-state index in [1.54, 1.807) is 13.8 Å². The summed E-state index contributed by atoms with van der Waals surface area (Å²) in [6, 6.07) is 0. The van der Waals surface area contributed by atoms with Crippen molar-refractivity contribution in [3.63, 3.8) is 0 Å². The first-order valence-electron chi connectivity index (χ1n) is 3.20. The van der Waals surface area contributed by atoms with Crippen molar-refractivity contribution in [1.82, 2.24) is 0 Å². The van der Waals surface area contributed by atoms with Crippen molar-refractivity contribution in [2.24, 2.45) is 0 Å². The summed E-state index contributed by atoms with van der Waals surface area (Å²) in [4.78, 5) is 0. The van der Waals surface area contributed by atoms with Crippen LogP contribution in [0.15, 0.2) is 0 Å². The molecule has 0 bridgehead atoms. The van der Waals surface area contributed by atoms with Gasteiger partial charge in [0.2, 0.25) is 0 Å². The highest BCUT2D eigenvalue weighted by atomic mass is 16.8. The SMILES string of the molecule is CC1(C)OCCC(O)(O)O1. The lowest BCUT2D eigenvalue weighted by Gasteiger charge is -2.37. The molecule has 2 N–H and O–H groups in total. The highest BCUT2D eigenvalue weighted by Gasteiger charge is 2.38. The third-order valence-electron chi connectivity index (χ3n) is 1.29. The summed E-state index contributed by atoms with van der Waals surface area (Å²) in [5.74, 6) is -2.90. The minimum absolute atomic E-state index is 0.0937. The van der Waals surface area contributed by atoms with E-state index in [0.29, 0.717) is 6.61 Å². The van der Waals surface area contributed by atoms with E-state index in [2.05, 4.69) is 0 Å². The maximum atomic E-state index is 8.96. The van der Waals surface area contributed by atoms with Crippen molar-refractivity contribution in [2.75, 3.05) is 6.61 Å². The summed E-state index contributed by atoms with van der Waals surface area (Å²) in [7, 11) is 0. The molecule has 60 valence electrons. The molecule has 10 heavy (non-hydrogen) atoms. The highest BCUT2D eigenvalue weighted by Crippen LogP contribution is 2.25. The summed E-state index contributed by atoms with van der Waals surface area (Å²) >= 11 is 0. The molecule has 1 heterocycles. The van der Waals surface area contributed by atoms with Crippen molar-refractivity contribution < 1.29 is 19.7 Å². The minimum Gasteiger partial charge on any atom is -0.350 e. The van der Waals surface area contributed by atoms with Crippen LogP contribution in [0.4, 0.5) is 0 Å². The summed E-state index contributed by atoms with van der Waals surface area (Å²) in [6.45, 7) is 3.57. The predicted molar refractivity (Wildman–Crippen MR) is 32.9 cm³/mol. The van der Waals surface area contributed by atoms with E-state index < -0.39 is 11.8 Å². The number of aliphatic hydroxyl groups is 2. The normalized spacial score (nSPS) is 30.0. The lowest BCUT2D eigenvalue weighted by molar-refractivity contribution is -0.446. The lowest BCUT2D eigenvalue weighted by Crippen LogP contribution is -2.48. The number of rotatable bonds is 0. The van der Waals surface area contributed by atoms with Gasteiger partial charge in [-0.25, -0.2) is 0 Å². The van der Waals surface area contributed by atoms with E-state index in [9.17, 15) is 0 Å². The first-order chi connectivity index (χ1) is 4.41. The molecule has 1 saturated heterocycles. The van der Waals surface area contributed by atoms with Crippen LogP contribution < -0.4 is 0 Å². The number of ether oxygens (including phenoxy) is 2. The summed E-state index contributed by atoms with van der Waals surface area (Å²) in [5, 5.41) is 17.9. The van der Waals surface area contributed by atoms with Crippen LogP contribution in [0.5, 0.6) is 0 Å². The van der Waals surface area contributed by atoms with Gasteiger partial charge in [0.25, 0.3) is 5.97 Å². The van der Waals surface area contributed by atoms with E-state index >= 15 is 0 Å². The molecule has 0 aromatic carbocycles. The van der Waals surface area contributed by atoms with Gasteiger partial charge >= 0.3 is 0 Å². The molecular formula is C6H12O4. The van der Waals surface area contributed by atoms with Crippen molar-refractivity contribution in [1.29, 1.82) is 0 Å². The lowest BCUT2D eigenvalue weighted by atomic mass is 10.3. The van der Waals surface area contributed by atoms with Crippen molar-refractivity contribution >= 4 is 0 Å². The first kappa shape index (κ1) is 7.94. The van der Waals surface area contributed by atoms with Crippen LogP contribution in [0.3, 0.4) is 0 Å². The number of hydrogen-bond donors (Lipinski definition) is 2. The zero-order valence-corrected chi connectivity index (χ0v) is 6.13. The van der Waals surface area contributed by atoms with Crippen molar-refractivity contribution in [3.8, 4) is 0 Å². The number of hydrogen-bond acceptors (Lipinski definition) is 4. The van der Waals surface area contributed by atoms with Crippen LogP contribution in [0.1, 0.15) is 20.3 Å². The molecule has 0 atom stereocenters. The molecule has 0 spiro atoms. The quantitative estimate of drug-likeness (QED) is 0.467. The Labute approximate surface area is 59.4 Å². The Morgan fingerprint density at radius 3 is 2.20 bits per heavy atom. The molecule has 4 nitrogen and oxygen atoms in total. The Kier molecular flexibility index (Phi) is 1.72. The van der Waals surface area contributed by atoms with Crippen molar-refractivity contribution in [3.05, 3.63) is 0 Å². The van der Waals surface area contributed by atoms with E-state index in [0.717, 1.165) is 0 Å². The van der Waals surface area contributed by atoms with E-state index in [1.165, 1.54) is 0 Å². The van der Waals surface area contributed by atoms with E-state index in [-0.39, 0.29) is 6.42 Å². The molecule has 1 aliphatic rings. The molecule has 0 saturated carbocycles. The zero-order chi connectivity index (χ0) is 7.83. The van der Waals surface area contributed by atoms with Crippen molar-refractivity contribution in [2.45, 2.75) is 32.0 Å². The zero-order valence-electron chi connectivity index (χ0n) is 6.13. The summed E-state index contributed by atoms with van der Waals surface area (Å²) in [6.07, 6.45) is 0.0937. The van der Waals surface area contributed by atoms with Gasteiger partial charge in [0, 0.05) is 0 Å². The highest BCUT2D eigenvalue weighted by molar-refractivity contribution is 4.65. The van der Waals surface area contributed by atoms with Gasteiger partial charge in [-0.3, -0.25) is 4.74 Å². The largest absolute Gasteiger partial charge is 0.350 e. The molecule has 4 heteroatoms. The molecule has 0 aromatic heterocycles. The Morgan fingerprint density at radius 1 is 1.30 bits per heavy atom. The van der Waals surface area contributed by atoms with Gasteiger partial charge in [-0.05, 0) is 13.8 Å². The maximum absolute atomic E-state index is 8.96. The minimum atomic E-state index is -2.01. The average molecular weight is 148 g/mol. The molecule has 1 rings (SSSR count). The van der Waals surface area contributed by atoms with E-state index in [1.807, 2.05) is 0 Å². The van der Waals surface area contributed by atoms with Crippen LogP contribution in [0, 0.1) is 0 Å². The fourth-order valence-corrected chi connectivity index (χ4v) is 0.904. The standard InChI is InChI=1S/C6H12O4/c1-5(2)9-4-3-6(7,8)10-5/h7-8H,3-4H2,1-2H3. The Bertz CT molecular complexity index is 116. The second-order valence-corrected chi connectivity index (χ2v) is 2.84. The first-order valence-corrected chi connectivity index (χ1v) is 3.20. The summed E-state index contributed by atoms with van der Waals surface area (Å²) in [5.41, 5.74) is 0. The average Bonchev–Trinajstić information content (AvgIpc) is 1.56. The van der Waals surface area contributed by atoms with Gasteiger partial charge in [-0.1, -0.05) is 0 Å². The molecule has 1 fully saturated rings. The molecular weight excluding hydrogens is 136 g/mol. The molecule has 1 aliphatic heterocycles. The molecule has 0 aromatic rings. The van der Waals surface area contributed by atoms with Crippen LogP contribution in [-0.4, -0.2) is 28.6 Å². The monoisotopic (exact) mass is 148 g/mol. The van der Waals surface area contributed by atoms with E-state index in [4.69, 9.17) is 19.7 Å². The smallest absolute Gasteiger partial charge is 0.282 e. The third-order valence-corrected chi connectivity index (χ3v) is 1.29.